The summed E-state index contributed by atoms with van der Waals surface area (Å²) in [4.78, 5) is 55.6. The van der Waals surface area contributed by atoms with Crippen molar-refractivity contribution in [2.24, 2.45) is 5.73 Å². The molecular formula is C29H52NO13P. The molecule has 0 radical (unpaired) electrons. The largest absolute Gasteiger partial charge is 0.480 e. The molecule has 2 unspecified atom stereocenters. The van der Waals surface area contributed by atoms with Crippen LogP contribution in [0.15, 0.2) is 12.2 Å². The lowest BCUT2D eigenvalue weighted by Crippen LogP contribution is -2.34. The average molecular weight is 654 g/mol. The molecule has 0 heterocycles. The predicted molar refractivity (Wildman–Crippen MR) is 161 cm³/mol. The summed E-state index contributed by atoms with van der Waals surface area (Å²) in [6.45, 7) is 0.141. The van der Waals surface area contributed by atoms with Gasteiger partial charge in [-0.05, 0) is 18.9 Å². The fourth-order valence-electron chi connectivity index (χ4n) is 3.92. The summed E-state index contributed by atoms with van der Waals surface area (Å²) in [7, 11) is -4.80. The highest BCUT2D eigenvalue weighted by molar-refractivity contribution is 7.47. The maximum Gasteiger partial charge on any atom is 0.472 e. The van der Waals surface area contributed by atoms with Gasteiger partial charge in [-0.1, -0.05) is 84.0 Å². The molecule has 44 heavy (non-hydrogen) atoms. The Morgan fingerprint density at radius 3 is 1.82 bits per heavy atom. The van der Waals surface area contributed by atoms with Crippen LogP contribution in [0.25, 0.3) is 0 Å². The van der Waals surface area contributed by atoms with Crippen molar-refractivity contribution in [3.63, 3.8) is 0 Å². The molecule has 0 aromatic rings. The van der Waals surface area contributed by atoms with Gasteiger partial charge in [0.1, 0.15) is 12.6 Å². The molecule has 0 aliphatic rings. The van der Waals surface area contributed by atoms with E-state index in [4.69, 9.17) is 29.9 Å². The van der Waals surface area contributed by atoms with E-state index in [1.807, 2.05) is 0 Å². The minimum Gasteiger partial charge on any atom is -0.480 e. The topological polar surface area (TPSA) is 229 Å². The number of phosphoric acid groups is 1. The molecule has 0 fully saturated rings. The van der Waals surface area contributed by atoms with Crippen molar-refractivity contribution < 1.29 is 62.5 Å². The monoisotopic (exact) mass is 653 g/mol. The van der Waals surface area contributed by atoms with Gasteiger partial charge in [0.15, 0.2) is 6.10 Å². The van der Waals surface area contributed by atoms with E-state index in [9.17, 15) is 33.7 Å². The number of carbonyl (C=O) groups is 4. The van der Waals surface area contributed by atoms with Crippen molar-refractivity contribution in [3.8, 4) is 0 Å². The fourth-order valence-corrected chi connectivity index (χ4v) is 4.70. The molecule has 0 aliphatic heterocycles. The number of esters is 2. The van der Waals surface area contributed by atoms with Crippen molar-refractivity contribution in [1.82, 2.24) is 0 Å². The van der Waals surface area contributed by atoms with Gasteiger partial charge in [0, 0.05) is 18.9 Å². The first-order valence-corrected chi connectivity index (χ1v) is 16.9. The Labute approximate surface area is 259 Å². The zero-order chi connectivity index (χ0) is 33.2. The first kappa shape index (κ1) is 41.7. The number of nitrogens with two attached hydrogens (primary N) is 1. The molecule has 0 aliphatic carbocycles. The number of carboxylic acid groups (broad SMARTS) is 2. The first-order valence-electron chi connectivity index (χ1n) is 15.4. The Hall–Kier alpha value is -2.35. The number of ether oxygens (including phenoxy) is 2. The molecule has 0 rings (SSSR count). The summed E-state index contributed by atoms with van der Waals surface area (Å²) in [5, 5.41) is 27.1. The van der Waals surface area contributed by atoms with Crippen molar-refractivity contribution in [2.45, 2.75) is 128 Å². The number of phosphoric ester groups is 1. The zero-order valence-electron chi connectivity index (χ0n) is 25.8. The smallest absolute Gasteiger partial charge is 0.472 e. The Morgan fingerprint density at radius 1 is 0.773 bits per heavy atom. The lowest BCUT2D eigenvalue weighted by Gasteiger charge is -2.20. The van der Waals surface area contributed by atoms with Crippen LogP contribution in [0.2, 0.25) is 0 Å². The summed E-state index contributed by atoms with van der Waals surface area (Å²) in [5.74, 6) is -4.17. The lowest BCUT2D eigenvalue weighted by molar-refractivity contribution is -0.161. The number of rotatable bonds is 29. The van der Waals surface area contributed by atoms with Crippen LogP contribution in [0.3, 0.4) is 0 Å². The molecule has 6 N–H and O–H groups in total. The number of carbonyl (C=O) groups excluding carboxylic acids is 2. The van der Waals surface area contributed by atoms with Gasteiger partial charge in [-0.3, -0.25) is 23.4 Å². The zero-order valence-corrected chi connectivity index (χ0v) is 26.7. The van der Waals surface area contributed by atoms with Gasteiger partial charge >= 0.3 is 31.7 Å². The molecule has 0 spiro atoms. The number of aliphatic hydroxyl groups is 1. The second kappa shape index (κ2) is 25.9. The van der Waals surface area contributed by atoms with Crippen LogP contribution in [0.5, 0.6) is 0 Å². The maximum absolute atomic E-state index is 12.2. The van der Waals surface area contributed by atoms with Crippen LogP contribution in [0, 0.1) is 0 Å². The van der Waals surface area contributed by atoms with Crippen molar-refractivity contribution in [2.75, 3.05) is 19.8 Å². The number of unbranched alkanes of at least 4 members (excludes halogenated alkanes) is 12. The van der Waals surface area contributed by atoms with Crippen molar-refractivity contribution in [3.05, 3.63) is 12.2 Å². The highest BCUT2D eigenvalue weighted by Crippen LogP contribution is 2.43. The number of hydrogen-bond donors (Lipinski definition) is 5. The summed E-state index contributed by atoms with van der Waals surface area (Å²) in [6, 6.07) is -1.58. The summed E-state index contributed by atoms with van der Waals surface area (Å²) in [6.07, 6.45) is 13.7. The number of carboxylic acids is 2. The predicted octanol–water partition coefficient (Wildman–Crippen LogP) is 4.25. The highest BCUT2D eigenvalue weighted by atomic mass is 31.2. The summed E-state index contributed by atoms with van der Waals surface area (Å²) in [5.41, 5.74) is 5.23. The molecule has 0 aromatic heterocycles. The Bertz CT molecular complexity index is 898. The van der Waals surface area contributed by atoms with Crippen LogP contribution < -0.4 is 5.73 Å². The second-order valence-corrected chi connectivity index (χ2v) is 12.0. The minimum absolute atomic E-state index is 0.135. The maximum atomic E-state index is 12.2. The third-order valence-corrected chi connectivity index (χ3v) is 7.43. The van der Waals surface area contributed by atoms with Gasteiger partial charge in [0.25, 0.3) is 0 Å². The van der Waals surface area contributed by atoms with E-state index in [0.29, 0.717) is 6.42 Å². The molecule has 0 saturated carbocycles. The third-order valence-electron chi connectivity index (χ3n) is 6.48. The van der Waals surface area contributed by atoms with Crippen LogP contribution >= 0.6 is 7.82 Å². The summed E-state index contributed by atoms with van der Waals surface area (Å²) < 4.78 is 31.7. The highest BCUT2D eigenvalue weighted by Gasteiger charge is 2.28. The standard InChI is InChI=1S/C29H52NO13P/c1-2-3-4-5-6-7-8-9-10-11-12-13-14-15-27(34)40-20-24(21-41-44(38,39)42-22-25(30)29(36)37)43-28(35)19-17-23(31)16-18-26(32)33/h16,18,23-25,31H,2-15,17,19-22,30H2,1H3,(H,32,33)(H,36,37)(H,38,39)/b18-16+/t23?,24-,25+/m1/s1. The van der Waals surface area contributed by atoms with Gasteiger partial charge in [-0.25, -0.2) is 9.36 Å². The van der Waals surface area contributed by atoms with Crippen LogP contribution in [0.1, 0.15) is 110 Å². The van der Waals surface area contributed by atoms with Crippen LogP contribution in [-0.2, 0) is 42.3 Å². The van der Waals surface area contributed by atoms with E-state index in [1.165, 1.54) is 57.8 Å². The molecule has 0 aromatic carbocycles. The molecule has 14 nitrogen and oxygen atoms in total. The lowest BCUT2D eigenvalue weighted by atomic mass is 10.0. The molecule has 4 atom stereocenters. The van der Waals surface area contributed by atoms with E-state index in [1.54, 1.807) is 0 Å². The van der Waals surface area contributed by atoms with E-state index in [0.717, 1.165) is 31.4 Å². The quantitative estimate of drug-likeness (QED) is 0.0329. The molecule has 15 heteroatoms. The summed E-state index contributed by atoms with van der Waals surface area (Å²) >= 11 is 0. The third kappa shape index (κ3) is 26.1. The Kier molecular flexibility index (Phi) is 24.5. The van der Waals surface area contributed by atoms with Crippen molar-refractivity contribution >= 4 is 31.7 Å². The van der Waals surface area contributed by atoms with Crippen LogP contribution in [-0.4, -0.2) is 82.2 Å². The molecule has 0 amide bonds. The molecule has 0 bridgehead atoms. The van der Waals surface area contributed by atoms with E-state index in [2.05, 4.69) is 11.4 Å². The second-order valence-electron chi connectivity index (χ2n) is 10.6. The van der Waals surface area contributed by atoms with Gasteiger partial charge in [0.05, 0.1) is 19.3 Å². The molecule has 0 saturated heterocycles. The number of aliphatic hydroxyl groups excluding tert-OH is 1. The van der Waals surface area contributed by atoms with Gasteiger partial charge < -0.3 is 35.4 Å². The number of aliphatic carboxylic acids is 2. The Balaban J connectivity index is 4.55. The minimum atomic E-state index is -4.80. The normalized spacial score (nSPS) is 14.9. The number of hydrogen-bond acceptors (Lipinski definition) is 11. The van der Waals surface area contributed by atoms with E-state index in [-0.39, 0.29) is 19.3 Å². The molecule has 256 valence electrons. The first-order chi connectivity index (χ1) is 20.9. The fraction of sp³-hybridized carbons (Fsp3) is 0.793. The van der Waals surface area contributed by atoms with E-state index >= 15 is 0 Å². The SMILES string of the molecule is CCCCCCCCCCCCCCCC(=O)OC[C@H](COP(=O)(O)OC[C@H](N)C(=O)O)OC(=O)CCC(O)/C=C/C(=O)O. The van der Waals surface area contributed by atoms with E-state index < -0.39 is 69.8 Å². The van der Waals surface area contributed by atoms with Gasteiger partial charge in [0.2, 0.25) is 0 Å². The Morgan fingerprint density at radius 2 is 1.30 bits per heavy atom. The van der Waals surface area contributed by atoms with Crippen molar-refractivity contribution in [1.29, 1.82) is 0 Å². The van der Waals surface area contributed by atoms with Crippen LogP contribution in [0.4, 0.5) is 0 Å². The molecular weight excluding hydrogens is 601 g/mol. The van der Waals surface area contributed by atoms with Gasteiger partial charge in [-0.2, -0.15) is 0 Å². The van der Waals surface area contributed by atoms with Gasteiger partial charge in [-0.15, -0.1) is 0 Å². The average Bonchev–Trinajstić information content (AvgIpc) is 2.97.